The maximum atomic E-state index is 7.36. The van der Waals surface area contributed by atoms with Crippen LogP contribution < -0.4 is 10.6 Å². The van der Waals surface area contributed by atoms with Crippen LogP contribution in [0.3, 0.4) is 0 Å². The van der Waals surface area contributed by atoms with Gasteiger partial charge in [0.05, 0.1) is 0 Å². The van der Waals surface area contributed by atoms with Crippen LogP contribution in [0.15, 0.2) is 24.3 Å². The highest BCUT2D eigenvalue weighted by Gasteiger charge is 2.23. The summed E-state index contributed by atoms with van der Waals surface area (Å²) in [6.45, 7) is 2.18. The van der Waals surface area contributed by atoms with Crippen molar-refractivity contribution in [3.05, 3.63) is 29.8 Å². The number of nitrogens with two attached hydrogens (primary N) is 1. The quantitative estimate of drug-likeness (QED) is 0.606. The van der Waals surface area contributed by atoms with Gasteiger partial charge in [0.25, 0.3) is 0 Å². The highest BCUT2D eigenvalue weighted by Crippen LogP contribution is 2.22. The highest BCUT2D eigenvalue weighted by atomic mass is 15.2. The van der Waals surface area contributed by atoms with E-state index in [0.717, 1.165) is 18.7 Å². The second-order valence-electron chi connectivity index (χ2n) is 4.81. The lowest BCUT2D eigenvalue weighted by molar-refractivity contribution is 0.315. The van der Waals surface area contributed by atoms with Gasteiger partial charge in [0.2, 0.25) is 0 Å². The molecule has 1 fully saturated rings. The lowest BCUT2D eigenvalue weighted by Gasteiger charge is -2.22. The number of likely N-dealkylation sites (N-methyl/N-ethyl adjacent to an activating group) is 1. The third kappa shape index (κ3) is 2.58. The normalized spacial score (nSPS) is 19.9. The third-order valence-corrected chi connectivity index (χ3v) is 3.44. The number of hydrogen-bond donors (Lipinski definition) is 2. The average Bonchev–Trinajstić information content (AvgIpc) is 2.78. The molecule has 2 rings (SSSR count). The first kappa shape index (κ1) is 11.9. The number of rotatable bonds is 3. The number of hydrogen-bond acceptors (Lipinski definition) is 3. The third-order valence-electron chi connectivity index (χ3n) is 3.44. The van der Waals surface area contributed by atoms with Gasteiger partial charge in [-0.05, 0) is 44.8 Å². The fourth-order valence-electron chi connectivity index (χ4n) is 2.25. The minimum atomic E-state index is 0.129. The molecule has 1 aliphatic heterocycles. The molecule has 92 valence electrons. The Morgan fingerprint density at radius 3 is 2.47 bits per heavy atom. The van der Waals surface area contributed by atoms with Gasteiger partial charge in [-0.3, -0.25) is 5.41 Å². The zero-order valence-electron chi connectivity index (χ0n) is 10.5. The standard InChI is InChI=1S/C13H20N4/c1-16(2)12-7-8-17(9-12)11-5-3-10(4-6-11)13(14)15/h3-6,12H,7-9H2,1-2H3,(H3,14,15). The number of nitrogen functional groups attached to an aromatic ring is 1. The van der Waals surface area contributed by atoms with Gasteiger partial charge < -0.3 is 15.5 Å². The van der Waals surface area contributed by atoms with Crippen molar-refractivity contribution in [2.24, 2.45) is 5.73 Å². The van der Waals surface area contributed by atoms with E-state index in [0.29, 0.717) is 6.04 Å². The number of anilines is 1. The van der Waals surface area contributed by atoms with Gasteiger partial charge in [0.1, 0.15) is 5.84 Å². The predicted octanol–water partition coefficient (Wildman–Crippen LogP) is 1.11. The van der Waals surface area contributed by atoms with Gasteiger partial charge in [0.15, 0.2) is 0 Å². The zero-order chi connectivity index (χ0) is 12.4. The van der Waals surface area contributed by atoms with Gasteiger partial charge in [-0.25, -0.2) is 0 Å². The highest BCUT2D eigenvalue weighted by molar-refractivity contribution is 5.95. The monoisotopic (exact) mass is 232 g/mol. The topological polar surface area (TPSA) is 56.4 Å². The molecule has 0 bridgehead atoms. The Morgan fingerprint density at radius 2 is 2.00 bits per heavy atom. The summed E-state index contributed by atoms with van der Waals surface area (Å²) < 4.78 is 0. The summed E-state index contributed by atoms with van der Waals surface area (Å²) in [6.07, 6.45) is 1.21. The van der Waals surface area contributed by atoms with E-state index in [4.69, 9.17) is 11.1 Å². The fourth-order valence-corrected chi connectivity index (χ4v) is 2.25. The van der Waals surface area contributed by atoms with Gasteiger partial charge in [-0.15, -0.1) is 0 Å². The van der Waals surface area contributed by atoms with Crippen LogP contribution in [0.1, 0.15) is 12.0 Å². The van der Waals surface area contributed by atoms with E-state index in [1.54, 1.807) is 0 Å². The van der Waals surface area contributed by atoms with Crippen molar-refractivity contribution < 1.29 is 0 Å². The number of amidine groups is 1. The zero-order valence-corrected chi connectivity index (χ0v) is 10.5. The van der Waals surface area contributed by atoms with Crippen LogP contribution in [0.25, 0.3) is 0 Å². The average molecular weight is 232 g/mol. The Bertz CT molecular complexity index is 396. The van der Waals surface area contributed by atoms with Crippen LogP contribution in [0, 0.1) is 5.41 Å². The molecule has 1 aromatic carbocycles. The van der Waals surface area contributed by atoms with Crippen LogP contribution in [0.4, 0.5) is 5.69 Å². The Hall–Kier alpha value is -1.55. The van der Waals surface area contributed by atoms with Crippen molar-refractivity contribution in [2.75, 3.05) is 32.1 Å². The van der Waals surface area contributed by atoms with E-state index in [2.05, 4.69) is 36.0 Å². The molecule has 0 saturated carbocycles. The fraction of sp³-hybridized carbons (Fsp3) is 0.462. The van der Waals surface area contributed by atoms with Crippen LogP contribution in [-0.4, -0.2) is 44.0 Å². The minimum absolute atomic E-state index is 0.129. The number of nitrogens with zero attached hydrogens (tertiary/aromatic N) is 2. The molecule has 1 aromatic rings. The molecule has 1 atom stereocenters. The summed E-state index contributed by atoms with van der Waals surface area (Å²) >= 11 is 0. The Labute approximate surface area is 103 Å². The van der Waals surface area contributed by atoms with Crippen LogP contribution in [0.5, 0.6) is 0 Å². The summed E-state index contributed by atoms with van der Waals surface area (Å²) in [5.41, 5.74) is 7.45. The summed E-state index contributed by atoms with van der Waals surface area (Å²) in [5.74, 6) is 0.129. The molecule has 17 heavy (non-hydrogen) atoms. The molecule has 0 aromatic heterocycles. The van der Waals surface area contributed by atoms with Crippen molar-refractivity contribution in [3.8, 4) is 0 Å². The van der Waals surface area contributed by atoms with Crippen molar-refractivity contribution in [1.29, 1.82) is 5.41 Å². The van der Waals surface area contributed by atoms with Crippen LogP contribution >= 0.6 is 0 Å². The van der Waals surface area contributed by atoms with E-state index in [1.807, 2.05) is 12.1 Å². The Balaban J connectivity index is 2.06. The first-order chi connectivity index (χ1) is 8.08. The number of nitrogens with one attached hydrogen (secondary N) is 1. The van der Waals surface area contributed by atoms with Gasteiger partial charge in [-0.2, -0.15) is 0 Å². The second-order valence-corrected chi connectivity index (χ2v) is 4.81. The summed E-state index contributed by atoms with van der Waals surface area (Å²) in [4.78, 5) is 4.67. The summed E-state index contributed by atoms with van der Waals surface area (Å²) in [6, 6.07) is 8.58. The van der Waals surface area contributed by atoms with Crippen molar-refractivity contribution in [3.63, 3.8) is 0 Å². The molecule has 4 nitrogen and oxygen atoms in total. The molecular formula is C13H20N4. The van der Waals surface area contributed by atoms with Crippen LogP contribution in [0.2, 0.25) is 0 Å². The number of benzene rings is 1. The molecule has 0 spiro atoms. The molecule has 0 aliphatic carbocycles. The van der Waals surface area contributed by atoms with Crippen LogP contribution in [-0.2, 0) is 0 Å². The van der Waals surface area contributed by atoms with E-state index in [9.17, 15) is 0 Å². The molecule has 1 heterocycles. The Kier molecular flexibility index (Phi) is 3.33. The molecule has 0 radical (unpaired) electrons. The summed E-state index contributed by atoms with van der Waals surface area (Å²) in [5, 5.41) is 7.36. The SMILES string of the molecule is CN(C)C1CCN(c2ccc(C(=N)N)cc2)C1. The molecular weight excluding hydrogens is 212 g/mol. The largest absolute Gasteiger partial charge is 0.384 e. The first-order valence-corrected chi connectivity index (χ1v) is 5.94. The maximum absolute atomic E-state index is 7.36. The molecule has 1 saturated heterocycles. The molecule has 3 N–H and O–H groups in total. The van der Waals surface area contributed by atoms with E-state index >= 15 is 0 Å². The van der Waals surface area contributed by atoms with Crippen molar-refractivity contribution >= 4 is 11.5 Å². The maximum Gasteiger partial charge on any atom is 0.122 e. The van der Waals surface area contributed by atoms with E-state index in [1.165, 1.54) is 12.1 Å². The lowest BCUT2D eigenvalue weighted by Crippen LogP contribution is -2.31. The smallest absolute Gasteiger partial charge is 0.122 e. The second kappa shape index (κ2) is 4.75. The molecule has 4 heteroatoms. The van der Waals surface area contributed by atoms with Crippen molar-refractivity contribution in [1.82, 2.24) is 4.90 Å². The first-order valence-electron chi connectivity index (χ1n) is 5.94. The van der Waals surface area contributed by atoms with Crippen molar-refractivity contribution in [2.45, 2.75) is 12.5 Å². The summed E-state index contributed by atoms with van der Waals surface area (Å²) in [7, 11) is 4.26. The lowest BCUT2D eigenvalue weighted by atomic mass is 10.2. The molecule has 1 aliphatic rings. The Morgan fingerprint density at radius 1 is 1.35 bits per heavy atom. The van der Waals surface area contributed by atoms with E-state index < -0.39 is 0 Å². The van der Waals surface area contributed by atoms with Gasteiger partial charge in [-0.1, -0.05) is 0 Å². The molecule has 0 amide bonds. The van der Waals surface area contributed by atoms with Gasteiger partial charge in [0, 0.05) is 30.4 Å². The van der Waals surface area contributed by atoms with Gasteiger partial charge >= 0.3 is 0 Å². The predicted molar refractivity (Wildman–Crippen MR) is 71.8 cm³/mol. The minimum Gasteiger partial charge on any atom is -0.384 e. The van der Waals surface area contributed by atoms with E-state index in [-0.39, 0.29) is 5.84 Å². The molecule has 1 unspecified atom stereocenters.